The number of hydrogen-bond acceptors (Lipinski definition) is 4. The number of hydrogen-bond donors (Lipinski definition) is 3. The van der Waals surface area contributed by atoms with E-state index < -0.39 is 5.76 Å². The Balaban J connectivity index is 2.47. The lowest BCUT2D eigenvalue weighted by Gasteiger charge is -2.26. The van der Waals surface area contributed by atoms with Gasteiger partial charge in [0.15, 0.2) is 5.58 Å². The Labute approximate surface area is 99.0 Å². The molecule has 0 amide bonds. The van der Waals surface area contributed by atoms with E-state index in [9.17, 15) is 4.79 Å². The Bertz CT molecular complexity index is 595. The molecule has 0 aliphatic heterocycles. The van der Waals surface area contributed by atoms with Crippen molar-refractivity contribution in [2.45, 2.75) is 32.7 Å². The molecule has 0 saturated carbocycles. The lowest BCUT2D eigenvalue weighted by Crippen LogP contribution is -2.30. The molecule has 1 heterocycles. The zero-order valence-corrected chi connectivity index (χ0v) is 10.3. The number of oxazole rings is 1. The molecular formula is C12H17N3O2. The molecule has 2 aromatic rings. The van der Waals surface area contributed by atoms with Crippen molar-refractivity contribution >= 4 is 22.5 Å². The van der Waals surface area contributed by atoms with Crippen molar-refractivity contribution < 1.29 is 4.42 Å². The smallest absolute Gasteiger partial charge is 0.408 e. The maximum atomic E-state index is 11.1. The summed E-state index contributed by atoms with van der Waals surface area (Å²) in [7, 11) is 0. The van der Waals surface area contributed by atoms with E-state index >= 15 is 0 Å². The first-order valence-electron chi connectivity index (χ1n) is 5.62. The fourth-order valence-corrected chi connectivity index (χ4v) is 1.57. The Hall–Kier alpha value is -1.91. The number of benzene rings is 1. The average molecular weight is 235 g/mol. The summed E-state index contributed by atoms with van der Waals surface area (Å²) in [6, 6.07) is 3.45. The number of H-pyrrole nitrogens is 1. The van der Waals surface area contributed by atoms with E-state index in [2.05, 4.69) is 31.1 Å². The molecule has 0 atom stereocenters. The second-order valence-corrected chi connectivity index (χ2v) is 4.81. The third-order valence-electron chi connectivity index (χ3n) is 2.95. The Kier molecular flexibility index (Phi) is 2.61. The number of rotatable bonds is 3. The first-order chi connectivity index (χ1) is 7.91. The summed E-state index contributed by atoms with van der Waals surface area (Å²) in [4.78, 5) is 13.7. The minimum Gasteiger partial charge on any atom is -0.408 e. The van der Waals surface area contributed by atoms with Gasteiger partial charge in [-0.2, -0.15) is 0 Å². The second-order valence-electron chi connectivity index (χ2n) is 4.81. The highest BCUT2D eigenvalue weighted by atomic mass is 16.4. The summed E-state index contributed by atoms with van der Waals surface area (Å²) in [5.41, 5.74) is 8.38. The molecule has 5 nitrogen and oxygen atoms in total. The molecule has 0 bridgehead atoms. The Morgan fingerprint density at radius 2 is 2.18 bits per heavy atom. The van der Waals surface area contributed by atoms with Gasteiger partial charge in [-0.15, -0.1) is 0 Å². The van der Waals surface area contributed by atoms with E-state index in [-0.39, 0.29) is 5.54 Å². The second kappa shape index (κ2) is 3.84. The number of nitrogens with one attached hydrogen (secondary N) is 2. The van der Waals surface area contributed by atoms with E-state index in [1.165, 1.54) is 0 Å². The van der Waals surface area contributed by atoms with Gasteiger partial charge in [0.05, 0.1) is 16.9 Å². The predicted molar refractivity (Wildman–Crippen MR) is 69.2 cm³/mol. The van der Waals surface area contributed by atoms with E-state index in [4.69, 9.17) is 10.2 Å². The van der Waals surface area contributed by atoms with Crippen LogP contribution in [0.4, 0.5) is 11.4 Å². The summed E-state index contributed by atoms with van der Waals surface area (Å²) in [6.07, 6.45) is 0.965. The van der Waals surface area contributed by atoms with Crippen molar-refractivity contribution in [1.82, 2.24) is 4.98 Å². The van der Waals surface area contributed by atoms with Crippen LogP contribution < -0.4 is 16.8 Å². The molecule has 0 fully saturated rings. The lowest BCUT2D eigenvalue weighted by atomic mass is 10.0. The maximum absolute atomic E-state index is 11.1. The van der Waals surface area contributed by atoms with Crippen LogP contribution >= 0.6 is 0 Å². The molecule has 0 aliphatic carbocycles. The molecule has 4 N–H and O–H groups in total. The van der Waals surface area contributed by atoms with E-state index in [0.29, 0.717) is 16.8 Å². The molecule has 17 heavy (non-hydrogen) atoms. The predicted octanol–water partition coefficient (Wildman–Crippen LogP) is 2.30. The highest BCUT2D eigenvalue weighted by Gasteiger charge is 2.16. The summed E-state index contributed by atoms with van der Waals surface area (Å²) in [5.74, 6) is -0.466. The van der Waals surface area contributed by atoms with Gasteiger partial charge in [0.1, 0.15) is 0 Å². The molecule has 0 radical (unpaired) electrons. The van der Waals surface area contributed by atoms with Gasteiger partial charge in [0, 0.05) is 11.6 Å². The van der Waals surface area contributed by atoms with Crippen molar-refractivity contribution in [3.8, 4) is 0 Å². The number of nitrogen functional groups attached to an aromatic ring is 1. The Morgan fingerprint density at radius 1 is 1.47 bits per heavy atom. The van der Waals surface area contributed by atoms with E-state index in [0.717, 1.165) is 12.1 Å². The van der Waals surface area contributed by atoms with Gasteiger partial charge in [-0.25, -0.2) is 4.79 Å². The maximum Gasteiger partial charge on any atom is 0.417 e. The third-order valence-corrected chi connectivity index (χ3v) is 2.95. The molecular weight excluding hydrogens is 218 g/mol. The Morgan fingerprint density at radius 3 is 2.82 bits per heavy atom. The lowest BCUT2D eigenvalue weighted by molar-refractivity contribution is 0.547. The largest absolute Gasteiger partial charge is 0.417 e. The minimum atomic E-state index is -0.466. The molecule has 0 spiro atoms. The summed E-state index contributed by atoms with van der Waals surface area (Å²) in [5, 5.41) is 3.35. The highest BCUT2D eigenvalue weighted by molar-refractivity contribution is 5.85. The van der Waals surface area contributed by atoms with Crippen LogP contribution in [0.1, 0.15) is 27.2 Å². The van der Waals surface area contributed by atoms with Crippen LogP contribution in [0.3, 0.4) is 0 Å². The monoisotopic (exact) mass is 235 g/mol. The van der Waals surface area contributed by atoms with Crippen LogP contribution in [0.25, 0.3) is 11.1 Å². The molecule has 1 aromatic heterocycles. The standard InChI is InChI=1S/C12H17N3O2/c1-4-12(2,3)15-8-6-9-10(5-7(8)13)17-11(16)14-9/h5-6,15H,4,13H2,1-3H3,(H,14,16). The minimum absolute atomic E-state index is 0.0498. The van der Waals surface area contributed by atoms with E-state index in [1.807, 2.05) is 0 Å². The molecule has 2 rings (SSSR count). The summed E-state index contributed by atoms with van der Waals surface area (Å²) in [6.45, 7) is 6.28. The molecule has 0 saturated heterocycles. The number of anilines is 2. The molecule has 1 aromatic carbocycles. The summed E-state index contributed by atoms with van der Waals surface area (Å²) < 4.78 is 4.94. The van der Waals surface area contributed by atoms with Gasteiger partial charge in [-0.3, -0.25) is 4.98 Å². The number of nitrogens with two attached hydrogens (primary N) is 1. The van der Waals surface area contributed by atoms with Crippen LogP contribution in [-0.4, -0.2) is 10.5 Å². The first-order valence-corrected chi connectivity index (χ1v) is 5.62. The molecule has 0 unspecified atom stereocenters. The van der Waals surface area contributed by atoms with Crippen LogP contribution in [-0.2, 0) is 0 Å². The first kappa shape index (κ1) is 11.6. The van der Waals surface area contributed by atoms with Crippen LogP contribution in [0.2, 0.25) is 0 Å². The number of fused-ring (bicyclic) bond motifs is 1. The van der Waals surface area contributed by atoms with Gasteiger partial charge < -0.3 is 15.5 Å². The highest BCUT2D eigenvalue weighted by Crippen LogP contribution is 2.27. The zero-order valence-electron chi connectivity index (χ0n) is 10.3. The molecule has 0 aliphatic rings. The van der Waals surface area contributed by atoms with Gasteiger partial charge in [0.2, 0.25) is 0 Å². The molecule has 5 heteroatoms. The average Bonchev–Trinajstić information content (AvgIpc) is 2.58. The van der Waals surface area contributed by atoms with Crippen LogP contribution in [0.5, 0.6) is 0 Å². The fourth-order valence-electron chi connectivity index (χ4n) is 1.57. The van der Waals surface area contributed by atoms with Gasteiger partial charge >= 0.3 is 5.76 Å². The van der Waals surface area contributed by atoms with Crippen molar-refractivity contribution in [3.05, 3.63) is 22.7 Å². The number of aromatic amines is 1. The third kappa shape index (κ3) is 2.27. The van der Waals surface area contributed by atoms with Gasteiger partial charge in [0.25, 0.3) is 0 Å². The van der Waals surface area contributed by atoms with E-state index in [1.54, 1.807) is 12.1 Å². The zero-order chi connectivity index (χ0) is 12.6. The topological polar surface area (TPSA) is 84.0 Å². The SMILES string of the molecule is CCC(C)(C)Nc1cc2[nH]c(=O)oc2cc1N. The van der Waals surface area contributed by atoms with Crippen LogP contribution in [0, 0.1) is 0 Å². The molecule has 92 valence electrons. The van der Waals surface area contributed by atoms with Crippen LogP contribution in [0.15, 0.2) is 21.3 Å². The van der Waals surface area contributed by atoms with Gasteiger partial charge in [-0.1, -0.05) is 6.92 Å². The number of aromatic nitrogens is 1. The van der Waals surface area contributed by atoms with Crippen molar-refractivity contribution in [3.63, 3.8) is 0 Å². The summed E-state index contributed by atoms with van der Waals surface area (Å²) >= 11 is 0. The van der Waals surface area contributed by atoms with Gasteiger partial charge in [-0.05, 0) is 26.3 Å². The normalized spacial score (nSPS) is 11.9. The quantitative estimate of drug-likeness (QED) is 0.713. The van der Waals surface area contributed by atoms with Crippen molar-refractivity contribution in [1.29, 1.82) is 0 Å². The van der Waals surface area contributed by atoms with Crippen molar-refractivity contribution in [2.24, 2.45) is 0 Å². The van der Waals surface area contributed by atoms with Crippen molar-refractivity contribution in [2.75, 3.05) is 11.1 Å². The fraction of sp³-hybridized carbons (Fsp3) is 0.417.